The summed E-state index contributed by atoms with van der Waals surface area (Å²) >= 11 is 23.2. The van der Waals surface area contributed by atoms with Crippen molar-refractivity contribution in [1.82, 2.24) is 0 Å². The van der Waals surface area contributed by atoms with Crippen LogP contribution in [0.5, 0.6) is 0 Å². The normalized spacial score (nSPS) is 11.6. The monoisotopic (exact) mass is 1510 g/mol. The van der Waals surface area contributed by atoms with Crippen molar-refractivity contribution in [1.29, 1.82) is 5.26 Å². The number of carbonyl (C=O) groups excluding carboxylic acids is 3. The van der Waals surface area contributed by atoms with Crippen molar-refractivity contribution in [3.63, 3.8) is 0 Å². The highest BCUT2D eigenvalue weighted by molar-refractivity contribution is 8.00. The summed E-state index contributed by atoms with van der Waals surface area (Å²) in [6, 6.07) is 12.4. The summed E-state index contributed by atoms with van der Waals surface area (Å²) in [7, 11) is 94.2. The lowest BCUT2D eigenvalue weighted by Crippen LogP contribution is -2.62. The fraction of sp³-hybridized carbons (Fsp3) is 0. The van der Waals surface area contributed by atoms with Crippen LogP contribution in [0.3, 0.4) is 0 Å². The highest BCUT2D eigenvalue weighted by Gasteiger charge is 2.41. The van der Waals surface area contributed by atoms with Crippen LogP contribution in [-0.4, -0.2) is 273 Å². The first-order valence-corrected chi connectivity index (χ1v) is 33.0. The van der Waals surface area contributed by atoms with Crippen molar-refractivity contribution in [3.05, 3.63) is 220 Å². The van der Waals surface area contributed by atoms with Gasteiger partial charge in [0, 0.05) is 272 Å². The predicted octanol–water partition coefficient (Wildman–Crippen LogP) is 0.459. The molecule has 0 amide bonds. The van der Waals surface area contributed by atoms with E-state index < -0.39 is 189 Å². The molecule has 7 aromatic carbocycles. The number of benzene rings is 7. The Morgan fingerprint density at radius 2 is 0.604 bits per heavy atom. The van der Waals surface area contributed by atoms with Crippen molar-refractivity contribution in [2.24, 2.45) is 0 Å². The molecule has 0 bridgehead atoms. The molecule has 0 N–H and O–H groups in total. The summed E-state index contributed by atoms with van der Waals surface area (Å²) in [5.41, 5.74) is -3.23. The minimum absolute atomic E-state index is 0.0669. The highest BCUT2D eigenvalue weighted by Crippen LogP contribution is 2.45. The van der Waals surface area contributed by atoms with E-state index in [-0.39, 0.29) is 72.6 Å². The molecule has 7 aromatic rings. The maximum absolute atomic E-state index is 13.2. The van der Waals surface area contributed by atoms with Crippen molar-refractivity contribution in [3.8, 4) is 6.07 Å². The molecule has 475 valence electrons. The summed E-state index contributed by atoms with van der Waals surface area (Å²) in [6.07, 6.45) is -5.76. The zero-order chi connectivity index (χ0) is 82.0. The van der Waals surface area contributed by atoms with Crippen LogP contribution < -0.4 is 0 Å². The second-order valence-corrected chi connectivity index (χ2v) is 26.7. The summed E-state index contributed by atoms with van der Waals surface area (Å²) in [5, 5.41) is 7.79. The molecule has 0 aromatic heterocycles. The van der Waals surface area contributed by atoms with Gasteiger partial charge < -0.3 is 0 Å². The minimum atomic E-state index is -4.12. The van der Waals surface area contributed by atoms with Gasteiger partial charge in [0.05, 0.1) is 39.7 Å². The quantitative estimate of drug-likeness (QED) is 0.0566. The molecule has 2 aliphatic rings. The van der Waals surface area contributed by atoms with Gasteiger partial charge in [-0.2, -0.15) is 5.26 Å². The van der Waals surface area contributed by atoms with Crippen LogP contribution in [0.2, 0.25) is 20.1 Å². The van der Waals surface area contributed by atoms with Crippen molar-refractivity contribution >= 4 is 322 Å². The number of sulfone groups is 2. The lowest BCUT2D eigenvalue weighted by Gasteiger charge is -2.23. The molecule has 106 heavy (non-hydrogen) atoms. The molecular formula is C46H14B33Cl4F13NO7S2. The van der Waals surface area contributed by atoms with Crippen LogP contribution in [-0.2, 0) is 19.7 Å². The van der Waals surface area contributed by atoms with Crippen LogP contribution in [0, 0.1) is 87.0 Å². The van der Waals surface area contributed by atoms with E-state index in [1.54, 1.807) is 0 Å². The highest BCUT2D eigenvalue weighted by atomic mass is 35.5. The van der Waals surface area contributed by atoms with Gasteiger partial charge in [0.15, 0.2) is 87.2 Å². The first-order chi connectivity index (χ1) is 48.9. The minimum Gasteiger partial charge on any atom is -0.289 e. The van der Waals surface area contributed by atoms with Crippen molar-refractivity contribution in [2.75, 3.05) is 0 Å². The number of ketones is 3. The number of hydrogen-bond acceptors (Lipinski definition) is 8. The molecule has 0 saturated carbocycles. The summed E-state index contributed by atoms with van der Waals surface area (Å²) in [6.45, 7) is 0. The average molecular weight is 1500 g/mol. The molecule has 0 spiro atoms. The molecule has 8 nitrogen and oxygen atoms in total. The summed E-state index contributed by atoms with van der Waals surface area (Å²) < 4.78 is 216. The number of rotatable bonds is 12. The van der Waals surface area contributed by atoms with Gasteiger partial charge in [-0.25, -0.2) is 73.9 Å². The van der Waals surface area contributed by atoms with Crippen LogP contribution in [0.4, 0.5) is 57.1 Å². The van der Waals surface area contributed by atoms with Gasteiger partial charge >= 0.3 is 0 Å². The number of carbonyl (C=O) groups is 3. The van der Waals surface area contributed by atoms with E-state index in [0.29, 0.717) is 36.4 Å². The molecule has 0 saturated heterocycles. The molecule has 0 fully saturated rings. The van der Waals surface area contributed by atoms with E-state index in [0.717, 1.165) is 54.6 Å². The summed E-state index contributed by atoms with van der Waals surface area (Å²) in [4.78, 5) is 34.1. The zero-order valence-electron chi connectivity index (χ0n) is 53.7. The van der Waals surface area contributed by atoms with Crippen LogP contribution in [0.15, 0.2) is 105 Å². The molecule has 41 radical (unpaired) electrons. The first kappa shape index (κ1) is 97.4. The van der Waals surface area contributed by atoms with Gasteiger partial charge in [-0.15, -0.1) is 0 Å². The molecular weight excluding hydrogens is 1490 g/mol. The second kappa shape index (κ2) is 43.2. The smallest absolute Gasteiger partial charge is 0.209 e. The second-order valence-electron chi connectivity index (χ2n) is 21.3. The van der Waals surface area contributed by atoms with E-state index in [9.17, 15) is 88.3 Å². The van der Waals surface area contributed by atoms with Gasteiger partial charge in [0.2, 0.25) is 25.5 Å². The lowest BCUT2D eigenvalue weighted by molar-refractivity contribution is 0.0977. The Kier molecular flexibility index (Phi) is 39.7. The Bertz CT molecular complexity index is 4220. The SMILES string of the molecule is N#Cc1c(F)c(F)c(F)c(F)c1F.O=C(c1ccc(F)c(F)c1)c1ccc(F)c(F)c1.O=C1c2cc(F)c(F)cc2C(=O)c2cc(F)c(F)cc21.O=S1(=O)c2cc(Cl)c(Cl)cc2S(=O)(=O)c2cc(Cl)c(Cl)cc21.[B]B([B])B(B([B])[B])B([B])[B].[B][B]B(B([B])[B])B([B])[B].[B][B]B([B])B([B])[B].[B][B]B([B])B([B])[B]. The van der Waals surface area contributed by atoms with E-state index in [1.807, 2.05) is 0 Å². The summed E-state index contributed by atoms with van der Waals surface area (Å²) in [5.74, 6) is -22.9. The van der Waals surface area contributed by atoms with Gasteiger partial charge in [0.25, 0.3) is 0 Å². The van der Waals surface area contributed by atoms with Gasteiger partial charge in [0.1, 0.15) is 11.6 Å². The third-order valence-electron chi connectivity index (χ3n) is 13.7. The maximum Gasteiger partial charge on any atom is 0.209 e. The third-order valence-corrected chi connectivity index (χ3v) is 19.1. The Balaban J connectivity index is 0.000000426. The number of nitrogens with zero attached hydrogens (tertiary/aromatic N) is 1. The van der Waals surface area contributed by atoms with E-state index in [1.165, 1.54) is 21.2 Å². The number of hydrogen-bond donors (Lipinski definition) is 0. The fourth-order valence-corrected chi connectivity index (χ4v) is 13.0. The molecule has 1 heterocycles. The number of fused-ring (bicyclic) bond motifs is 4. The molecule has 9 rings (SSSR count). The first-order valence-electron chi connectivity index (χ1n) is 28.5. The average Bonchev–Trinajstić information content (AvgIpc) is 0.710. The predicted molar refractivity (Wildman–Crippen MR) is 420 cm³/mol. The molecule has 1 aliphatic carbocycles. The standard InChI is InChI=1S/C14H4F4O2.C13H6F4O.C12H4Cl4O4S2.C7F5N.B10.B9.2B7/c15-9-1-5-6(2-10(9)16)14(20)8-4-12(18)11(17)3-7(8)13(5)19;14-9-3-1-7(5-11(9)16)13(18)8-2-4-10(15)12(17)6-8;13-5-1-9-10(2-6(5)14)22(19,20)12-4-8(16)7(15)3-11(12)21(9,17)18;8-3-2(1-13)4(9)6(11)7(12)5(3)10;1-7(2)10(8(3)4)9(5)6;1-6-9(7(2)3)8(4)5;2*1-5-7(4)6(2)3/h1-4H;1-6H;1-4H;;;;;. The molecule has 0 atom stereocenters. The fourth-order valence-electron chi connectivity index (χ4n) is 7.92. The largest absolute Gasteiger partial charge is 0.289 e. The zero-order valence-corrected chi connectivity index (χ0v) is 58.3. The van der Waals surface area contributed by atoms with Gasteiger partial charge in [-0.1, -0.05) is 46.4 Å². The Morgan fingerprint density at radius 1 is 0.358 bits per heavy atom. The molecule has 60 heteroatoms. The maximum atomic E-state index is 13.2. The molecule has 1 aliphatic heterocycles. The topological polar surface area (TPSA) is 143 Å². The number of halogens is 17. The van der Waals surface area contributed by atoms with Crippen LogP contribution in [0.1, 0.15) is 53.3 Å². The van der Waals surface area contributed by atoms with Gasteiger partial charge in [-0.3, -0.25) is 14.4 Å². The third kappa shape index (κ3) is 25.7. The van der Waals surface area contributed by atoms with Crippen LogP contribution in [0.25, 0.3) is 0 Å². The van der Waals surface area contributed by atoms with Crippen molar-refractivity contribution < 1.29 is 88.3 Å². The Hall–Kier alpha value is -4.67. The van der Waals surface area contributed by atoms with Gasteiger partial charge in [-0.05, 0) is 84.9 Å². The van der Waals surface area contributed by atoms with Crippen LogP contribution >= 0.6 is 46.4 Å². The molecule has 0 unspecified atom stereocenters. The lowest BCUT2D eigenvalue weighted by atomic mass is 8.58. The van der Waals surface area contributed by atoms with E-state index in [2.05, 4.69) is 0 Å². The van der Waals surface area contributed by atoms with E-state index in [4.69, 9.17) is 199 Å². The Labute approximate surface area is 655 Å². The van der Waals surface area contributed by atoms with Crippen molar-refractivity contribution in [2.45, 2.75) is 19.6 Å². The number of nitriles is 1. The van der Waals surface area contributed by atoms with E-state index >= 15 is 0 Å². The Morgan fingerprint density at radius 3 is 0.774 bits per heavy atom.